The number of benzene rings is 1. The zero-order valence-corrected chi connectivity index (χ0v) is 18.3. The minimum Gasteiger partial charge on any atom is -0.339 e. The lowest BCUT2D eigenvalue weighted by Gasteiger charge is -2.19. The van der Waals surface area contributed by atoms with E-state index in [1.54, 1.807) is 17.0 Å². The Kier molecular flexibility index (Phi) is 7.59. The molecule has 3 amide bonds. The van der Waals surface area contributed by atoms with Gasteiger partial charge in [0.25, 0.3) is 5.91 Å². The Hall–Kier alpha value is -3.42. The van der Waals surface area contributed by atoms with E-state index < -0.39 is 0 Å². The minimum absolute atomic E-state index is 0.0187. The summed E-state index contributed by atoms with van der Waals surface area (Å²) < 4.78 is 1.90. The second kappa shape index (κ2) is 10.6. The zero-order valence-electron chi connectivity index (χ0n) is 18.3. The van der Waals surface area contributed by atoms with Crippen LogP contribution in [0.4, 0.5) is 4.79 Å². The summed E-state index contributed by atoms with van der Waals surface area (Å²) in [7, 11) is 0. The molecule has 8 heteroatoms. The van der Waals surface area contributed by atoms with Crippen molar-refractivity contribution < 1.29 is 9.59 Å². The number of urea groups is 1. The second-order valence-electron chi connectivity index (χ2n) is 7.33. The molecule has 0 aliphatic heterocycles. The van der Waals surface area contributed by atoms with Gasteiger partial charge in [-0.25, -0.2) is 4.79 Å². The summed E-state index contributed by atoms with van der Waals surface area (Å²) in [4.78, 5) is 26.7. The van der Waals surface area contributed by atoms with E-state index in [0.29, 0.717) is 31.0 Å². The number of hydrogen-bond acceptors (Lipinski definition) is 4. The molecule has 2 heterocycles. The lowest BCUT2D eigenvalue weighted by Crippen LogP contribution is -2.38. The molecule has 3 aromatic rings. The molecule has 0 bridgehead atoms. The van der Waals surface area contributed by atoms with Crippen molar-refractivity contribution in [2.45, 2.75) is 46.2 Å². The van der Waals surface area contributed by atoms with Crippen LogP contribution in [-0.4, -0.2) is 44.5 Å². The van der Waals surface area contributed by atoms with Crippen molar-refractivity contribution in [3.05, 3.63) is 65.6 Å². The molecule has 31 heavy (non-hydrogen) atoms. The van der Waals surface area contributed by atoms with Gasteiger partial charge in [0.05, 0.1) is 6.04 Å². The summed E-state index contributed by atoms with van der Waals surface area (Å²) in [5.74, 6) is 0.733. The van der Waals surface area contributed by atoms with Crippen LogP contribution >= 0.6 is 0 Å². The van der Waals surface area contributed by atoms with Crippen molar-refractivity contribution in [3.8, 4) is 0 Å². The van der Waals surface area contributed by atoms with Gasteiger partial charge in [0.1, 0.15) is 0 Å². The standard InChI is InChI=1S/C23H30N6O2/c1-4-9-19(21-27-26-20-10-7-8-15-29(20)21)25-23(31)24-16-17-11-13-18(14-12-17)22(30)28(5-2)6-3/h7-8,10-15,19H,4-6,9,16H2,1-3H3,(H2,24,25,31). The third-order valence-electron chi connectivity index (χ3n) is 5.24. The number of nitrogens with zero attached hydrogens (tertiary/aromatic N) is 4. The van der Waals surface area contributed by atoms with E-state index in [0.717, 1.165) is 24.1 Å². The van der Waals surface area contributed by atoms with Crippen LogP contribution in [0.15, 0.2) is 48.7 Å². The van der Waals surface area contributed by atoms with E-state index in [1.807, 2.05) is 54.8 Å². The van der Waals surface area contributed by atoms with Crippen LogP contribution in [0.25, 0.3) is 5.65 Å². The Balaban J connectivity index is 1.60. The van der Waals surface area contributed by atoms with Crippen LogP contribution in [0.3, 0.4) is 0 Å². The fourth-order valence-electron chi connectivity index (χ4n) is 3.50. The predicted octanol–water partition coefficient (Wildman–Crippen LogP) is 3.55. The maximum atomic E-state index is 12.5. The van der Waals surface area contributed by atoms with E-state index in [4.69, 9.17) is 0 Å². The largest absolute Gasteiger partial charge is 0.339 e. The number of nitrogens with one attached hydrogen (secondary N) is 2. The first-order chi connectivity index (χ1) is 15.1. The summed E-state index contributed by atoms with van der Waals surface area (Å²) >= 11 is 0. The Morgan fingerprint density at radius 1 is 1.03 bits per heavy atom. The first-order valence-electron chi connectivity index (χ1n) is 10.8. The van der Waals surface area contributed by atoms with E-state index in [-0.39, 0.29) is 18.0 Å². The third kappa shape index (κ3) is 5.39. The molecule has 1 atom stereocenters. The lowest BCUT2D eigenvalue weighted by atomic mass is 10.1. The monoisotopic (exact) mass is 422 g/mol. The number of rotatable bonds is 9. The number of hydrogen-bond donors (Lipinski definition) is 2. The molecule has 2 aromatic heterocycles. The molecule has 1 aromatic carbocycles. The highest BCUT2D eigenvalue weighted by molar-refractivity contribution is 5.94. The number of carbonyl (C=O) groups is 2. The first kappa shape index (κ1) is 22.3. The van der Waals surface area contributed by atoms with Gasteiger partial charge < -0.3 is 15.5 Å². The Labute approximate surface area is 182 Å². The normalized spacial score (nSPS) is 11.8. The Morgan fingerprint density at radius 2 is 1.77 bits per heavy atom. The highest BCUT2D eigenvalue weighted by Crippen LogP contribution is 2.17. The van der Waals surface area contributed by atoms with Crippen LogP contribution < -0.4 is 10.6 Å². The average Bonchev–Trinajstić information content (AvgIpc) is 3.22. The predicted molar refractivity (Wildman–Crippen MR) is 120 cm³/mol. The molecule has 3 rings (SSSR count). The topological polar surface area (TPSA) is 91.6 Å². The van der Waals surface area contributed by atoms with Gasteiger partial charge in [-0.2, -0.15) is 0 Å². The SMILES string of the molecule is CCCC(NC(=O)NCc1ccc(C(=O)N(CC)CC)cc1)c1nnc2ccccn12. The summed E-state index contributed by atoms with van der Waals surface area (Å²) in [6.07, 6.45) is 3.55. The van der Waals surface area contributed by atoms with Gasteiger partial charge in [0, 0.05) is 31.4 Å². The van der Waals surface area contributed by atoms with Gasteiger partial charge in [-0.1, -0.05) is 31.5 Å². The molecule has 2 N–H and O–H groups in total. The smallest absolute Gasteiger partial charge is 0.315 e. The van der Waals surface area contributed by atoms with Gasteiger partial charge in [0.15, 0.2) is 11.5 Å². The van der Waals surface area contributed by atoms with Gasteiger partial charge >= 0.3 is 6.03 Å². The minimum atomic E-state index is -0.269. The average molecular weight is 423 g/mol. The molecule has 0 fully saturated rings. The highest BCUT2D eigenvalue weighted by atomic mass is 16.2. The Morgan fingerprint density at radius 3 is 2.45 bits per heavy atom. The molecule has 0 spiro atoms. The number of amides is 3. The number of pyridine rings is 1. The molecular weight excluding hydrogens is 392 g/mol. The van der Waals surface area contributed by atoms with Gasteiger partial charge in [0.2, 0.25) is 0 Å². The summed E-state index contributed by atoms with van der Waals surface area (Å²) in [6, 6.07) is 12.5. The van der Waals surface area contributed by atoms with Crippen molar-refractivity contribution in [1.29, 1.82) is 0 Å². The number of fused-ring (bicyclic) bond motifs is 1. The molecule has 8 nitrogen and oxygen atoms in total. The lowest BCUT2D eigenvalue weighted by molar-refractivity contribution is 0.0773. The van der Waals surface area contributed by atoms with E-state index in [2.05, 4.69) is 27.8 Å². The molecule has 0 radical (unpaired) electrons. The fraction of sp³-hybridized carbons (Fsp3) is 0.391. The van der Waals surface area contributed by atoms with Crippen molar-refractivity contribution in [3.63, 3.8) is 0 Å². The van der Waals surface area contributed by atoms with Crippen molar-refractivity contribution in [1.82, 2.24) is 30.1 Å². The number of carbonyl (C=O) groups excluding carboxylic acids is 2. The van der Waals surface area contributed by atoms with Gasteiger partial charge in [-0.15, -0.1) is 10.2 Å². The molecule has 1 unspecified atom stereocenters. The molecule has 0 saturated carbocycles. The van der Waals surface area contributed by atoms with Crippen LogP contribution in [0.5, 0.6) is 0 Å². The van der Waals surface area contributed by atoms with Crippen LogP contribution in [0.1, 0.15) is 61.4 Å². The summed E-state index contributed by atoms with van der Waals surface area (Å²) in [5.41, 5.74) is 2.32. The molecule has 0 saturated heterocycles. The molecular formula is C23H30N6O2. The third-order valence-corrected chi connectivity index (χ3v) is 5.24. The number of aromatic nitrogens is 3. The van der Waals surface area contributed by atoms with Crippen molar-refractivity contribution in [2.75, 3.05) is 13.1 Å². The van der Waals surface area contributed by atoms with Crippen LogP contribution in [0.2, 0.25) is 0 Å². The van der Waals surface area contributed by atoms with E-state index >= 15 is 0 Å². The van der Waals surface area contributed by atoms with Crippen molar-refractivity contribution >= 4 is 17.6 Å². The van der Waals surface area contributed by atoms with Crippen LogP contribution in [-0.2, 0) is 6.54 Å². The van der Waals surface area contributed by atoms with Crippen molar-refractivity contribution in [2.24, 2.45) is 0 Å². The summed E-state index contributed by atoms with van der Waals surface area (Å²) in [6.45, 7) is 7.72. The molecule has 164 valence electrons. The quantitative estimate of drug-likeness (QED) is 0.552. The van der Waals surface area contributed by atoms with E-state index in [1.165, 1.54) is 0 Å². The molecule has 0 aliphatic rings. The summed E-state index contributed by atoms with van der Waals surface area (Å²) in [5, 5.41) is 14.4. The first-order valence-corrected chi connectivity index (χ1v) is 10.8. The van der Waals surface area contributed by atoms with Gasteiger partial charge in [-0.05, 0) is 50.1 Å². The van der Waals surface area contributed by atoms with E-state index in [9.17, 15) is 9.59 Å². The Bertz CT molecular complexity index is 1010. The fourth-order valence-corrected chi connectivity index (χ4v) is 3.50. The van der Waals surface area contributed by atoms with Crippen LogP contribution in [0, 0.1) is 0 Å². The van der Waals surface area contributed by atoms with Gasteiger partial charge in [-0.3, -0.25) is 9.20 Å². The maximum Gasteiger partial charge on any atom is 0.315 e. The second-order valence-corrected chi connectivity index (χ2v) is 7.33. The maximum absolute atomic E-state index is 12.5. The highest BCUT2D eigenvalue weighted by Gasteiger charge is 2.19. The zero-order chi connectivity index (χ0) is 22.2. The molecule has 0 aliphatic carbocycles.